The third kappa shape index (κ3) is 4.54. The van der Waals surface area contributed by atoms with Crippen molar-refractivity contribution in [3.8, 4) is 0 Å². The van der Waals surface area contributed by atoms with Crippen molar-refractivity contribution in [1.29, 1.82) is 0 Å². The summed E-state index contributed by atoms with van der Waals surface area (Å²) in [4.78, 5) is 25.3. The first-order valence-corrected chi connectivity index (χ1v) is 8.05. The predicted molar refractivity (Wildman–Crippen MR) is 84.4 cm³/mol. The molecule has 1 N–H and O–H groups in total. The number of aromatic nitrogens is 2. The Morgan fingerprint density at radius 3 is 2.78 bits per heavy atom. The summed E-state index contributed by atoms with van der Waals surface area (Å²) >= 11 is 0. The molecule has 0 radical (unpaired) electrons. The zero-order valence-corrected chi connectivity index (χ0v) is 14.0. The second-order valence-corrected chi connectivity index (χ2v) is 6.26. The zero-order chi connectivity index (χ0) is 17.0. The van der Waals surface area contributed by atoms with E-state index in [1.807, 2.05) is 13.8 Å². The number of nitrogens with zero attached hydrogens (tertiary/aromatic N) is 3. The molecule has 1 aromatic rings. The van der Waals surface area contributed by atoms with Crippen molar-refractivity contribution in [2.75, 3.05) is 19.7 Å². The highest BCUT2D eigenvalue weighted by Crippen LogP contribution is 2.18. The summed E-state index contributed by atoms with van der Waals surface area (Å²) in [6.45, 7) is 5.34. The molecule has 0 bridgehead atoms. The van der Waals surface area contributed by atoms with Gasteiger partial charge in [0.25, 0.3) is 5.91 Å². The molecule has 1 aliphatic heterocycles. The van der Waals surface area contributed by atoms with E-state index in [1.54, 1.807) is 22.7 Å². The molecule has 0 aliphatic carbocycles. The van der Waals surface area contributed by atoms with Crippen molar-refractivity contribution < 1.29 is 19.4 Å². The van der Waals surface area contributed by atoms with Crippen LogP contribution >= 0.6 is 0 Å². The summed E-state index contributed by atoms with van der Waals surface area (Å²) in [6, 6.07) is 1.79. The number of hydrogen-bond donors (Lipinski definition) is 1. The number of ether oxygens (including phenoxy) is 1. The molecule has 1 unspecified atom stereocenters. The van der Waals surface area contributed by atoms with Gasteiger partial charge in [-0.3, -0.25) is 14.3 Å². The van der Waals surface area contributed by atoms with Gasteiger partial charge in [0.05, 0.1) is 18.2 Å². The van der Waals surface area contributed by atoms with Gasteiger partial charge in [-0.05, 0) is 24.8 Å². The van der Waals surface area contributed by atoms with Crippen molar-refractivity contribution in [2.24, 2.45) is 7.05 Å². The molecule has 1 fully saturated rings. The number of carbonyl (C=O) groups is 2. The first-order chi connectivity index (χ1) is 10.9. The number of carboxylic acid groups (broad SMARTS) is 1. The standard InChI is InChI=1S/C16H25N3O4/c1-11(2)13-9-14(18(3)17-13)16(22)19(7-6-15(20)21)10-12-5-4-8-23-12/h9,11-12H,4-8,10H2,1-3H3,(H,20,21). The van der Waals surface area contributed by atoms with Crippen molar-refractivity contribution in [1.82, 2.24) is 14.7 Å². The molecule has 1 aliphatic rings. The number of rotatable bonds is 7. The van der Waals surface area contributed by atoms with E-state index in [0.717, 1.165) is 18.5 Å². The quantitative estimate of drug-likeness (QED) is 0.824. The molecule has 0 aromatic carbocycles. The maximum Gasteiger partial charge on any atom is 0.305 e. The fourth-order valence-corrected chi connectivity index (χ4v) is 2.67. The Morgan fingerprint density at radius 1 is 1.52 bits per heavy atom. The number of carboxylic acids is 1. The van der Waals surface area contributed by atoms with Crippen molar-refractivity contribution in [3.63, 3.8) is 0 Å². The van der Waals surface area contributed by atoms with Gasteiger partial charge in [-0.1, -0.05) is 13.8 Å². The minimum absolute atomic E-state index is 0.00876. The van der Waals surface area contributed by atoms with Gasteiger partial charge in [0.2, 0.25) is 0 Å². The Labute approximate surface area is 136 Å². The van der Waals surface area contributed by atoms with Crippen LogP contribution in [0.15, 0.2) is 6.07 Å². The van der Waals surface area contributed by atoms with Crippen molar-refractivity contribution >= 4 is 11.9 Å². The summed E-state index contributed by atoms with van der Waals surface area (Å²) in [5, 5.41) is 13.3. The highest BCUT2D eigenvalue weighted by molar-refractivity contribution is 5.93. The summed E-state index contributed by atoms with van der Waals surface area (Å²) in [5.74, 6) is -0.875. The molecule has 2 rings (SSSR count). The maximum atomic E-state index is 12.8. The summed E-state index contributed by atoms with van der Waals surface area (Å²) < 4.78 is 7.16. The van der Waals surface area contributed by atoms with E-state index >= 15 is 0 Å². The second kappa shape index (κ2) is 7.59. The lowest BCUT2D eigenvalue weighted by Crippen LogP contribution is -2.39. The van der Waals surface area contributed by atoms with Crippen LogP contribution < -0.4 is 0 Å². The first-order valence-electron chi connectivity index (χ1n) is 8.05. The molecule has 128 valence electrons. The lowest BCUT2D eigenvalue weighted by molar-refractivity contribution is -0.137. The zero-order valence-electron chi connectivity index (χ0n) is 14.0. The van der Waals surface area contributed by atoms with Gasteiger partial charge in [0, 0.05) is 26.7 Å². The molecule has 1 saturated heterocycles. The van der Waals surface area contributed by atoms with E-state index < -0.39 is 5.97 Å². The number of amides is 1. The van der Waals surface area contributed by atoms with Gasteiger partial charge in [0.15, 0.2) is 0 Å². The van der Waals surface area contributed by atoms with Crippen molar-refractivity contribution in [3.05, 3.63) is 17.5 Å². The first kappa shape index (κ1) is 17.5. The highest BCUT2D eigenvalue weighted by atomic mass is 16.5. The van der Waals surface area contributed by atoms with Gasteiger partial charge < -0.3 is 14.7 Å². The molecule has 2 heterocycles. The second-order valence-electron chi connectivity index (χ2n) is 6.26. The van der Waals surface area contributed by atoms with Gasteiger partial charge in [-0.25, -0.2) is 0 Å². The van der Waals surface area contributed by atoms with Gasteiger partial charge in [-0.2, -0.15) is 5.10 Å². The van der Waals surface area contributed by atoms with Crippen LogP contribution in [0.3, 0.4) is 0 Å². The van der Waals surface area contributed by atoms with Crippen LogP contribution in [0, 0.1) is 0 Å². The Kier molecular flexibility index (Phi) is 5.76. The van der Waals surface area contributed by atoms with Crippen LogP contribution in [0.1, 0.15) is 55.2 Å². The van der Waals surface area contributed by atoms with E-state index in [4.69, 9.17) is 9.84 Å². The molecule has 1 aromatic heterocycles. The van der Waals surface area contributed by atoms with Crippen LogP contribution in [-0.4, -0.2) is 57.5 Å². The lowest BCUT2D eigenvalue weighted by atomic mass is 10.1. The smallest absolute Gasteiger partial charge is 0.305 e. The average molecular weight is 323 g/mol. The summed E-state index contributed by atoms with van der Waals surface area (Å²) in [6.07, 6.45) is 1.80. The third-order valence-electron chi connectivity index (χ3n) is 4.04. The van der Waals surface area contributed by atoms with E-state index in [2.05, 4.69) is 5.10 Å². The molecule has 0 spiro atoms. The van der Waals surface area contributed by atoms with Gasteiger partial charge >= 0.3 is 5.97 Å². The number of aryl methyl sites for hydroxylation is 1. The fourth-order valence-electron chi connectivity index (χ4n) is 2.67. The van der Waals surface area contributed by atoms with E-state index in [1.165, 1.54) is 0 Å². The molecule has 7 heteroatoms. The summed E-state index contributed by atoms with van der Waals surface area (Å²) in [7, 11) is 1.74. The van der Waals surface area contributed by atoms with E-state index in [9.17, 15) is 9.59 Å². The lowest BCUT2D eigenvalue weighted by Gasteiger charge is -2.24. The minimum atomic E-state index is -0.914. The predicted octanol–water partition coefficient (Wildman–Crippen LogP) is 1.64. The van der Waals surface area contributed by atoms with Crippen LogP contribution in [0.5, 0.6) is 0 Å². The Balaban J connectivity index is 2.15. The number of hydrogen-bond acceptors (Lipinski definition) is 4. The van der Waals surface area contributed by atoms with Crippen LogP contribution in [0.4, 0.5) is 0 Å². The topological polar surface area (TPSA) is 84.7 Å². The third-order valence-corrected chi connectivity index (χ3v) is 4.04. The minimum Gasteiger partial charge on any atom is -0.481 e. The van der Waals surface area contributed by atoms with Gasteiger partial charge in [0.1, 0.15) is 5.69 Å². The Hall–Kier alpha value is -1.89. The van der Waals surface area contributed by atoms with E-state index in [0.29, 0.717) is 18.8 Å². The molecule has 23 heavy (non-hydrogen) atoms. The fraction of sp³-hybridized carbons (Fsp3) is 0.688. The number of aliphatic carboxylic acids is 1. The highest BCUT2D eigenvalue weighted by Gasteiger charge is 2.26. The average Bonchev–Trinajstić information content (AvgIpc) is 3.11. The van der Waals surface area contributed by atoms with Crippen LogP contribution in [0.25, 0.3) is 0 Å². The SMILES string of the molecule is CC(C)c1cc(C(=O)N(CCC(=O)O)CC2CCCO2)n(C)n1. The Morgan fingerprint density at radius 2 is 2.26 bits per heavy atom. The normalized spacial score (nSPS) is 17.7. The van der Waals surface area contributed by atoms with Gasteiger partial charge in [-0.15, -0.1) is 0 Å². The molecule has 1 amide bonds. The molecule has 1 atom stereocenters. The maximum absolute atomic E-state index is 12.8. The van der Waals surface area contributed by atoms with E-state index in [-0.39, 0.29) is 30.9 Å². The van der Waals surface area contributed by atoms with Crippen molar-refractivity contribution in [2.45, 2.75) is 45.1 Å². The monoisotopic (exact) mass is 323 g/mol. The molecular weight excluding hydrogens is 298 g/mol. The number of carbonyl (C=O) groups excluding carboxylic acids is 1. The van der Waals surface area contributed by atoms with Crippen LogP contribution in [-0.2, 0) is 16.6 Å². The molecule has 0 saturated carbocycles. The molecular formula is C16H25N3O4. The Bertz CT molecular complexity index is 562. The largest absolute Gasteiger partial charge is 0.481 e. The summed E-state index contributed by atoms with van der Waals surface area (Å²) in [5.41, 5.74) is 1.34. The molecule has 7 nitrogen and oxygen atoms in total. The van der Waals surface area contributed by atoms with Crippen LogP contribution in [0.2, 0.25) is 0 Å².